The third-order valence-corrected chi connectivity index (χ3v) is 7.93. The van der Waals surface area contributed by atoms with Crippen molar-refractivity contribution >= 4 is 28.5 Å². The smallest absolute Gasteiger partial charge is 0.330 e. The summed E-state index contributed by atoms with van der Waals surface area (Å²) in [5.74, 6) is 3.77. The van der Waals surface area contributed by atoms with Gasteiger partial charge in [-0.25, -0.2) is 14.8 Å². The van der Waals surface area contributed by atoms with Crippen LogP contribution in [0, 0.1) is 12.3 Å². The first-order valence-electron chi connectivity index (χ1n) is 11.7. The van der Waals surface area contributed by atoms with Gasteiger partial charge in [0.1, 0.15) is 17.4 Å². The number of imidazole rings is 1. The van der Waals surface area contributed by atoms with Gasteiger partial charge in [-0.1, -0.05) is 29.1 Å². The highest BCUT2D eigenvalue weighted by molar-refractivity contribution is 6.33. The number of ketones is 1. The molecular weight excluding hydrogens is 458 g/mol. The predicted octanol–water partition coefficient (Wildman–Crippen LogP) is 3.12. The van der Waals surface area contributed by atoms with Crippen LogP contribution in [0.3, 0.4) is 0 Å². The van der Waals surface area contributed by atoms with E-state index in [4.69, 9.17) is 32.3 Å². The highest BCUT2D eigenvalue weighted by Gasteiger charge is 2.48. The molecule has 3 aromatic rings. The topological polar surface area (TPSA) is 105 Å². The fraction of sp³-hybridized carbons (Fsp3) is 0.542. The van der Waals surface area contributed by atoms with E-state index in [9.17, 15) is 9.59 Å². The van der Waals surface area contributed by atoms with Gasteiger partial charge >= 0.3 is 5.69 Å². The van der Waals surface area contributed by atoms with E-state index in [1.165, 1.54) is 4.57 Å². The van der Waals surface area contributed by atoms with Crippen LogP contribution in [0.25, 0.3) is 22.7 Å². The largest absolute Gasteiger partial charge is 0.363 e. The zero-order chi connectivity index (χ0) is 23.6. The number of terminal acetylenes is 1. The van der Waals surface area contributed by atoms with Crippen molar-refractivity contribution in [1.29, 1.82) is 0 Å². The molecule has 4 heterocycles. The van der Waals surface area contributed by atoms with Crippen LogP contribution >= 0.6 is 11.6 Å². The number of aryl methyl sites for hydroxylation is 1. The Balaban J connectivity index is 1.51. The Bertz CT molecular complexity index is 1430. The average molecular weight is 482 g/mol. The monoisotopic (exact) mass is 481 g/mol. The number of carbonyl (C=O) groups excluding carboxylic acids is 1. The predicted molar refractivity (Wildman–Crippen MR) is 124 cm³/mol. The van der Waals surface area contributed by atoms with Crippen LogP contribution in [0.2, 0.25) is 5.15 Å². The van der Waals surface area contributed by atoms with Crippen LogP contribution < -0.4 is 5.69 Å². The summed E-state index contributed by atoms with van der Waals surface area (Å²) in [6, 6.07) is -0.259. The summed E-state index contributed by atoms with van der Waals surface area (Å²) in [4.78, 5) is 35.3. The average Bonchev–Trinajstić information content (AvgIpc) is 3.53. The van der Waals surface area contributed by atoms with Crippen molar-refractivity contribution in [3.05, 3.63) is 27.0 Å². The fourth-order valence-corrected chi connectivity index (χ4v) is 6.22. The van der Waals surface area contributed by atoms with Gasteiger partial charge in [0.05, 0.1) is 18.1 Å². The molecule has 2 fully saturated rings. The van der Waals surface area contributed by atoms with Crippen LogP contribution in [-0.2, 0) is 28.4 Å². The van der Waals surface area contributed by atoms with Gasteiger partial charge in [-0.2, -0.15) is 0 Å². The molecule has 0 bridgehead atoms. The number of aromatic nitrogens is 5. The minimum absolute atomic E-state index is 0.154. The normalized spacial score (nSPS) is 26.8. The zero-order valence-corrected chi connectivity index (χ0v) is 19.6. The van der Waals surface area contributed by atoms with Gasteiger partial charge < -0.3 is 9.26 Å². The van der Waals surface area contributed by atoms with Gasteiger partial charge in [-0.05, 0) is 32.1 Å². The quantitative estimate of drug-likeness (QED) is 0.409. The van der Waals surface area contributed by atoms with E-state index in [0.29, 0.717) is 42.1 Å². The van der Waals surface area contributed by atoms with E-state index < -0.39 is 5.41 Å². The molecule has 6 rings (SSSR count). The van der Waals surface area contributed by atoms with E-state index in [1.807, 2.05) is 0 Å². The number of halogens is 1. The third-order valence-electron chi connectivity index (χ3n) is 7.66. The lowest BCUT2D eigenvalue weighted by Crippen LogP contribution is -2.41. The highest BCUT2D eigenvalue weighted by atomic mass is 35.5. The number of Topliss-reactive ketones (excluding diaryl/α,β-unsaturated/α-hetero) is 1. The summed E-state index contributed by atoms with van der Waals surface area (Å²) in [6.45, 7) is 0.314. The molecular formula is C24H24ClN5O4. The maximum Gasteiger partial charge on any atom is 0.330 e. The molecule has 1 aliphatic heterocycles. The molecule has 1 spiro atoms. The lowest BCUT2D eigenvalue weighted by molar-refractivity contribution is -0.128. The summed E-state index contributed by atoms with van der Waals surface area (Å²) >= 11 is 6.58. The van der Waals surface area contributed by atoms with Crippen molar-refractivity contribution in [3.63, 3.8) is 0 Å². The minimum atomic E-state index is -0.592. The number of hydrogen-bond donors (Lipinski definition) is 0. The Labute approximate surface area is 200 Å². The zero-order valence-electron chi connectivity index (χ0n) is 18.8. The summed E-state index contributed by atoms with van der Waals surface area (Å²) < 4.78 is 14.5. The second kappa shape index (κ2) is 7.79. The van der Waals surface area contributed by atoms with Gasteiger partial charge in [0.15, 0.2) is 28.1 Å². The second-order valence-corrected chi connectivity index (χ2v) is 9.86. The summed E-state index contributed by atoms with van der Waals surface area (Å²) in [5, 5.41) is 4.48. The number of nitrogens with zero attached hydrogens (tertiary/aromatic N) is 5. The first kappa shape index (κ1) is 21.6. The third kappa shape index (κ3) is 2.95. The molecule has 3 atom stereocenters. The van der Waals surface area contributed by atoms with Gasteiger partial charge in [0.25, 0.3) is 0 Å². The van der Waals surface area contributed by atoms with Crippen molar-refractivity contribution in [3.8, 4) is 23.9 Å². The van der Waals surface area contributed by atoms with Crippen molar-refractivity contribution in [2.75, 3.05) is 6.61 Å². The van der Waals surface area contributed by atoms with E-state index >= 15 is 0 Å². The van der Waals surface area contributed by atoms with Crippen molar-refractivity contribution < 1.29 is 14.1 Å². The molecule has 3 aromatic heterocycles. The lowest BCUT2D eigenvalue weighted by atomic mass is 9.64. The SMILES string of the molecule is C#C[C@H]1CC(n2c(=O)n(C)c3c(Cl)nc(-c4noc5c4CCC[C@@]54CCCCC4=O)nc32)CO1. The van der Waals surface area contributed by atoms with Gasteiger partial charge in [-0.3, -0.25) is 13.9 Å². The van der Waals surface area contributed by atoms with Crippen LogP contribution in [-0.4, -0.2) is 42.8 Å². The Morgan fingerprint density at radius 3 is 2.76 bits per heavy atom. The summed E-state index contributed by atoms with van der Waals surface area (Å²) in [7, 11) is 1.64. The molecule has 0 aromatic carbocycles. The van der Waals surface area contributed by atoms with Gasteiger partial charge in [0.2, 0.25) is 0 Å². The van der Waals surface area contributed by atoms with E-state index in [1.54, 1.807) is 11.6 Å². The highest BCUT2D eigenvalue weighted by Crippen LogP contribution is 2.47. The summed E-state index contributed by atoms with van der Waals surface area (Å²) in [6.07, 6.45) is 11.3. The van der Waals surface area contributed by atoms with E-state index in [2.05, 4.69) is 16.1 Å². The molecule has 9 nitrogen and oxygen atoms in total. The molecule has 0 amide bonds. The molecule has 176 valence electrons. The maximum atomic E-state index is 13.1. The summed E-state index contributed by atoms with van der Waals surface area (Å²) in [5.41, 5.74) is 1.36. The standard InChI is InChI=1S/C24H24ClN5O4/c1-3-14-11-13(12-33-14)30-22-18(29(2)23(30)32)20(25)26-21(27-22)17-15-7-6-10-24(19(15)34-28-17)9-5-4-8-16(24)31/h1,13-14H,4-12H2,2H3/t13?,14-,24+/m0/s1. The molecule has 10 heteroatoms. The number of ether oxygens (including phenoxy) is 1. The number of carbonyl (C=O) groups is 1. The molecule has 2 aliphatic carbocycles. The van der Waals surface area contributed by atoms with Crippen LogP contribution in [0.15, 0.2) is 9.32 Å². The van der Waals surface area contributed by atoms with Crippen LogP contribution in [0.1, 0.15) is 62.3 Å². The van der Waals surface area contributed by atoms with E-state index in [-0.39, 0.29) is 34.6 Å². The molecule has 3 aliphatic rings. The lowest BCUT2D eigenvalue weighted by Gasteiger charge is -2.36. The van der Waals surface area contributed by atoms with Crippen molar-refractivity contribution in [2.24, 2.45) is 7.05 Å². The first-order chi connectivity index (χ1) is 16.4. The minimum Gasteiger partial charge on any atom is -0.363 e. The number of hydrogen-bond acceptors (Lipinski definition) is 7. The Morgan fingerprint density at radius 2 is 2.00 bits per heavy atom. The maximum absolute atomic E-state index is 13.1. The van der Waals surface area contributed by atoms with Crippen LogP contribution in [0.4, 0.5) is 0 Å². The first-order valence-corrected chi connectivity index (χ1v) is 12.1. The molecule has 0 radical (unpaired) electrons. The van der Waals surface area contributed by atoms with Crippen molar-refractivity contribution in [2.45, 2.75) is 68.9 Å². The second-order valence-electron chi connectivity index (χ2n) is 9.50. The fourth-order valence-electron chi connectivity index (χ4n) is 5.93. The van der Waals surface area contributed by atoms with Crippen LogP contribution in [0.5, 0.6) is 0 Å². The van der Waals surface area contributed by atoms with Gasteiger partial charge in [0, 0.05) is 25.5 Å². The number of fused-ring (bicyclic) bond motifs is 3. The molecule has 34 heavy (non-hydrogen) atoms. The van der Waals surface area contributed by atoms with Crippen molar-refractivity contribution in [1.82, 2.24) is 24.3 Å². The van der Waals surface area contributed by atoms with Gasteiger partial charge in [-0.15, -0.1) is 6.42 Å². The number of rotatable bonds is 2. The molecule has 1 saturated carbocycles. The molecule has 0 N–H and O–H groups in total. The molecule has 1 saturated heterocycles. The van der Waals surface area contributed by atoms with E-state index in [0.717, 1.165) is 44.1 Å². The Morgan fingerprint density at radius 1 is 1.18 bits per heavy atom. The molecule has 1 unspecified atom stereocenters. The Kier molecular flexibility index (Phi) is 4.94. The Hall–Kier alpha value is -2.96.